The van der Waals surface area contributed by atoms with E-state index in [0.717, 1.165) is 12.4 Å². The highest BCUT2D eigenvalue weighted by atomic mass is 16.6. The van der Waals surface area contributed by atoms with Crippen molar-refractivity contribution < 1.29 is 9.47 Å². The molecule has 0 spiro atoms. The molecule has 3 aliphatic carbocycles. The van der Waals surface area contributed by atoms with Gasteiger partial charge in [-0.1, -0.05) is 52.3 Å². The summed E-state index contributed by atoms with van der Waals surface area (Å²) in [6.07, 6.45) is 9.88. The molecule has 1 aromatic rings. The van der Waals surface area contributed by atoms with Crippen molar-refractivity contribution in [1.29, 1.82) is 0 Å². The molecule has 4 fully saturated rings. The fourth-order valence-corrected chi connectivity index (χ4v) is 4.89. The summed E-state index contributed by atoms with van der Waals surface area (Å²) in [5.41, 5.74) is 0. The van der Waals surface area contributed by atoms with Crippen molar-refractivity contribution in [1.82, 2.24) is 0 Å². The van der Waals surface area contributed by atoms with Crippen LogP contribution in [0.25, 0.3) is 0 Å². The molecule has 4 aliphatic rings. The van der Waals surface area contributed by atoms with Crippen molar-refractivity contribution in [2.45, 2.75) is 72.3 Å². The molecule has 5 unspecified atom stereocenters. The monoisotopic (exact) mass is 346 g/mol. The van der Waals surface area contributed by atoms with Crippen molar-refractivity contribution in [3.63, 3.8) is 0 Å². The van der Waals surface area contributed by atoms with Crippen LogP contribution >= 0.6 is 0 Å². The van der Waals surface area contributed by atoms with Crippen LogP contribution in [0.3, 0.4) is 0 Å². The smallest absolute Gasteiger partial charge is 0.119 e. The number of fused-ring (bicyclic) bond motifs is 5. The third-order valence-electron chi connectivity index (χ3n) is 5.93. The Morgan fingerprint density at radius 2 is 1.44 bits per heavy atom. The van der Waals surface area contributed by atoms with Crippen molar-refractivity contribution in [3.05, 3.63) is 30.3 Å². The van der Waals surface area contributed by atoms with Crippen LogP contribution in [0, 0.1) is 23.7 Å². The molecule has 1 aromatic carbocycles. The predicted molar refractivity (Wildman–Crippen MR) is 106 cm³/mol. The van der Waals surface area contributed by atoms with Crippen molar-refractivity contribution in [2.24, 2.45) is 23.7 Å². The van der Waals surface area contributed by atoms with Gasteiger partial charge in [0.25, 0.3) is 0 Å². The molecule has 1 heterocycles. The number of epoxide rings is 1. The Kier molecular flexibility index (Phi) is 8.81. The molecule has 5 atom stereocenters. The summed E-state index contributed by atoms with van der Waals surface area (Å²) in [4.78, 5) is 0. The van der Waals surface area contributed by atoms with Crippen LogP contribution < -0.4 is 4.74 Å². The summed E-state index contributed by atoms with van der Waals surface area (Å²) < 4.78 is 10.4. The Bertz CT molecular complexity index is 438. The SMILES string of the molecule is C1CC2C3CCC(C3)C2C1.CC.CC.c1ccc(OCC2CO2)cc1. The van der Waals surface area contributed by atoms with E-state index in [1.165, 1.54) is 23.7 Å². The van der Waals surface area contributed by atoms with Crippen LogP contribution in [0.4, 0.5) is 0 Å². The van der Waals surface area contributed by atoms with Gasteiger partial charge < -0.3 is 9.47 Å². The van der Waals surface area contributed by atoms with Crippen molar-refractivity contribution in [2.75, 3.05) is 13.2 Å². The maximum atomic E-state index is 5.40. The van der Waals surface area contributed by atoms with Gasteiger partial charge in [-0.3, -0.25) is 0 Å². The van der Waals surface area contributed by atoms with E-state index in [1.54, 1.807) is 38.5 Å². The number of para-hydroxylation sites is 1. The quantitative estimate of drug-likeness (QED) is 0.595. The van der Waals surface area contributed by atoms with Crippen LogP contribution in [0.2, 0.25) is 0 Å². The summed E-state index contributed by atoms with van der Waals surface area (Å²) in [5, 5.41) is 0. The highest BCUT2D eigenvalue weighted by molar-refractivity contribution is 5.20. The summed E-state index contributed by atoms with van der Waals surface area (Å²) >= 11 is 0. The summed E-state index contributed by atoms with van der Waals surface area (Å²) in [7, 11) is 0. The fourth-order valence-electron chi connectivity index (χ4n) is 4.89. The molecular weight excluding hydrogens is 308 g/mol. The van der Waals surface area contributed by atoms with E-state index < -0.39 is 0 Å². The zero-order chi connectivity index (χ0) is 18.1. The van der Waals surface area contributed by atoms with Gasteiger partial charge in [-0.25, -0.2) is 0 Å². The predicted octanol–water partition coefficient (Wildman–Crippen LogP) is 6.35. The van der Waals surface area contributed by atoms with Crippen molar-refractivity contribution in [3.8, 4) is 5.75 Å². The summed E-state index contributed by atoms with van der Waals surface area (Å²) in [6.45, 7) is 9.54. The second-order valence-corrected chi connectivity index (χ2v) is 7.17. The lowest BCUT2D eigenvalue weighted by Crippen LogP contribution is -2.15. The molecule has 3 saturated carbocycles. The maximum Gasteiger partial charge on any atom is 0.119 e. The Morgan fingerprint density at radius 1 is 0.880 bits per heavy atom. The van der Waals surface area contributed by atoms with E-state index in [-0.39, 0.29) is 0 Å². The lowest BCUT2D eigenvalue weighted by Gasteiger charge is -2.23. The van der Waals surface area contributed by atoms with Gasteiger partial charge in [0.2, 0.25) is 0 Å². The van der Waals surface area contributed by atoms with Crippen molar-refractivity contribution >= 4 is 0 Å². The maximum absolute atomic E-state index is 5.40. The van der Waals surface area contributed by atoms with Gasteiger partial charge in [-0.05, 0) is 67.9 Å². The van der Waals surface area contributed by atoms with E-state index in [4.69, 9.17) is 9.47 Å². The molecule has 1 aliphatic heterocycles. The van der Waals surface area contributed by atoms with E-state index in [0.29, 0.717) is 12.7 Å². The van der Waals surface area contributed by atoms with Gasteiger partial charge >= 0.3 is 0 Å². The highest BCUT2D eigenvalue weighted by Crippen LogP contribution is 2.58. The standard InChI is InChI=1S/C10H16.C9H10O2.2C2H6/c1-2-9-7-4-5-8(6-7)10(9)3-1;1-2-4-8(5-3-1)10-6-9-7-11-9;2*1-2/h7-10H,1-6H2;1-5,9H,6-7H2;2*1-2H3. The van der Waals surface area contributed by atoms with E-state index in [9.17, 15) is 0 Å². The lowest BCUT2D eigenvalue weighted by molar-refractivity contribution is 0.259. The normalized spacial score (nSPS) is 32.9. The largest absolute Gasteiger partial charge is 0.491 e. The van der Waals surface area contributed by atoms with Crippen LogP contribution in [0.5, 0.6) is 5.75 Å². The molecule has 2 bridgehead atoms. The van der Waals surface area contributed by atoms with Crippen LogP contribution in [-0.4, -0.2) is 19.3 Å². The minimum absolute atomic E-state index is 0.343. The molecule has 1 saturated heterocycles. The number of ether oxygens (including phenoxy) is 2. The molecule has 0 amide bonds. The average Bonchev–Trinajstić information content (AvgIpc) is 3.08. The molecule has 2 heteroatoms. The Balaban J connectivity index is 0.000000151. The van der Waals surface area contributed by atoms with Gasteiger partial charge in [0.15, 0.2) is 0 Å². The third-order valence-corrected chi connectivity index (χ3v) is 5.93. The average molecular weight is 347 g/mol. The van der Waals surface area contributed by atoms with Crippen LogP contribution in [0.15, 0.2) is 30.3 Å². The first-order chi connectivity index (χ1) is 12.4. The van der Waals surface area contributed by atoms with Gasteiger partial charge in [0.05, 0.1) is 6.61 Å². The molecule has 0 radical (unpaired) electrons. The zero-order valence-corrected chi connectivity index (χ0v) is 16.7. The molecular formula is C23H38O2. The van der Waals surface area contributed by atoms with E-state index >= 15 is 0 Å². The van der Waals surface area contributed by atoms with Crippen LogP contribution in [-0.2, 0) is 4.74 Å². The fraction of sp³-hybridized carbons (Fsp3) is 0.739. The first-order valence-electron chi connectivity index (χ1n) is 10.7. The van der Waals surface area contributed by atoms with Gasteiger partial charge in [0.1, 0.15) is 18.5 Å². The minimum Gasteiger partial charge on any atom is -0.491 e. The van der Waals surface area contributed by atoms with Crippen LogP contribution in [0.1, 0.15) is 66.2 Å². The second kappa shape index (κ2) is 10.9. The molecule has 142 valence electrons. The first-order valence-corrected chi connectivity index (χ1v) is 10.7. The second-order valence-electron chi connectivity index (χ2n) is 7.17. The minimum atomic E-state index is 0.343. The van der Waals surface area contributed by atoms with Gasteiger partial charge in [-0.15, -0.1) is 0 Å². The third kappa shape index (κ3) is 5.74. The van der Waals surface area contributed by atoms with E-state index in [1.807, 2.05) is 58.0 Å². The number of benzene rings is 1. The molecule has 5 rings (SSSR count). The summed E-state index contributed by atoms with van der Waals surface area (Å²) in [6, 6.07) is 9.79. The first kappa shape index (κ1) is 20.3. The van der Waals surface area contributed by atoms with E-state index in [2.05, 4.69) is 0 Å². The molecule has 2 nitrogen and oxygen atoms in total. The highest BCUT2D eigenvalue weighted by Gasteiger charge is 2.48. The number of hydrogen-bond donors (Lipinski definition) is 0. The number of rotatable bonds is 3. The molecule has 25 heavy (non-hydrogen) atoms. The topological polar surface area (TPSA) is 21.8 Å². The van der Waals surface area contributed by atoms with Gasteiger partial charge in [0, 0.05) is 0 Å². The Morgan fingerprint density at radius 3 is 1.96 bits per heavy atom. The Labute approximate surface area is 155 Å². The zero-order valence-electron chi connectivity index (χ0n) is 16.7. The number of hydrogen-bond acceptors (Lipinski definition) is 2. The lowest BCUT2D eigenvalue weighted by atomic mass is 9.82. The van der Waals surface area contributed by atoms with Gasteiger partial charge in [-0.2, -0.15) is 0 Å². The Hall–Kier alpha value is -1.02. The molecule has 0 N–H and O–H groups in total. The molecule has 0 aromatic heterocycles. The summed E-state index contributed by atoms with van der Waals surface area (Å²) in [5.74, 6) is 5.72.